The maximum absolute atomic E-state index is 13.2. The van der Waals surface area contributed by atoms with Crippen LogP contribution in [0.3, 0.4) is 0 Å². The average molecular weight is 356 g/mol. The molecule has 2 aromatic rings. The van der Waals surface area contributed by atoms with E-state index in [-0.39, 0.29) is 17.6 Å². The zero-order valence-electron chi connectivity index (χ0n) is 14.5. The van der Waals surface area contributed by atoms with Gasteiger partial charge in [-0.05, 0) is 36.6 Å². The van der Waals surface area contributed by atoms with Crippen LogP contribution in [-0.2, 0) is 10.2 Å². The largest absolute Gasteiger partial charge is 0.472 e. The predicted molar refractivity (Wildman–Crippen MR) is 93.1 cm³/mol. The Kier molecular flexibility index (Phi) is 4.26. The van der Waals surface area contributed by atoms with Gasteiger partial charge in [0.25, 0.3) is 5.91 Å². The molecule has 2 aliphatic rings. The number of benzene rings is 1. The summed E-state index contributed by atoms with van der Waals surface area (Å²) in [6, 6.07) is 7.95. The number of nitrogens with zero attached hydrogens (tertiary/aromatic N) is 2. The molecule has 26 heavy (non-hydrogen) atoms. The third kappa shape index (κ3) is 2.79. The summed E-state index contributed by atoms with van der Waals surface area (Å²) < 4.78 is 18.2. The van der Waals surface area contributed by atoms with Gasteiger partial charge in [0.15, 0.2) is 0 Å². The first kappa shape index (κ1) is 16.8. The van der Waals surface area contributed by atoms with Crippen molar-refractivity contribution in [1.82, 2.24) is 9.80 Å². The Morgan fingerprint density at radius 3 is 2.15 bits per heavy atom. The summed E-state index contributed by atoms with van der Waals surface area (Å²) in [6.45, 7) is 2.06. The van der Waals surface area contributed by atoms with Crippen LogP contribution in [0.1, 0.15) is 35.2 Å². The van der Waals surface area contributed by atoms with Crippen molar-refractivity contribution in [3.8, 4) is 0 Å². The van der Waals surface area contributed by atoms with Crippen molar-refractivity contribution in [1.29, 1.82) is 0 Å². The highest BCUT2D eigenvalue weighted by Gasteiger charge is 2.48. The van der Waals surface area contributed by atoms with Gasteiger partial charge in [-0.3, -0.25) is 9.59 Å². The Labute approximate surface area is 151 Å². The first-order chi connectivity index (χ1) is 12.6. The molecular formula is C20H21FN2O3. The van der Waals surface area contributed by atoms with Gasteiger partial charge in [0.05, 0.1) is 17.2 Å². The summed E-state index contributed by atoms with van der Waals surface area (Å²) in [5.74, 6) is -0.254. The maximum atomic E-state index is 13.2. The zero-order valence-corrected chi connectivity index (χ0v) is 14.5. The first-order valence-corrected chi connectivity index (χ1v) is 8.97. The third-order valence-electron chi connectivity index (χ3n) is 5.64. The average Bonchev–Trinajstić information content (AvgIpc) is 3.16. The number of piperazine rings is 1. The quantitative estimate of drug-likeness (QED) is 0.850. The van der Waals surface area contributed by atoms with E-state index in [4.69, 9.17) is 4.42 Å². The fourth-order valence-corrected chi connectivity index (χ4v) is 3.91. The third-order valence-corrected chi connectivity index (χ3v) is 5.64. The predicted octanol–water partition coefficient (Wildman–Crippen LogP) is 2.83. The van der Waals surface area contributed by atoms with Crippen LogP contribution in [-0.4, -0.2) is 47.8 Å². The van der Waals surface area contributed by atoms with E-state index in [9.17, 15) is 14.0 Å². The lowest BCUT2D eigenvalue weighted by molar-refractivity contribution is -0.142. The number of carbonyl (C=O) groups is 2. The van der Waals surface area contributed by atoms with E-state index >= 15 is 0 Å². The molecule has 0 spiro atoms. The SMILES string of the molecule is O=C(c1ccoc1)N1CCN(C(=O)C2(c3ccc(F)cc3)CCC2)CC1. The normalized spacial score (nSPS) is 19.1. The molecule has 1 aromatic carbocycles. The molecule has 1 saturated heterocycles. The monoisotopic (exact) mass is 356 g/mol. The molecule has 2 amide bonds. The number of furan rings is 1. The van der Waals surface area contributed by atoms with Crippen molar-refractivity contribution in [2.45, 2.75) is 24.7 Å². The molecule has 1 aromatic heterocycles. The van der Waals surface area contributed by atoms with Crippen LogP contribution in [0.2, 0.25) is 0 Å². The van der Waals surface area contributed by atoms with Crippen LogP contribution in [0.25, 0.3) is 0 Å². The number of amides is 2. The molecule has 1 aliphatic carbocycles. The molecule has 0 unspecified atom stereocenters. The number of hydrogen-bond acceptors (Lipinski definition) is 3. The fourth-order valence-electron chi connectivity index (χ4n) is 3.91. The van der Waals surface area contributed by atoms with Gasteiger partial charge in [0.1, 0.15) is 12.1 Å². The minimum Gasteiger partial charge on any atom is -0.472 e. The molecule has 5 nitrogen and oxygen atoms in total. The minimum absolute atomic E-state index is 0.0669. The fraction of sp³-hybridized carbons (Fsp3) is 0.400. The van der Waals surface area contributed by atoms with Crippen molar-refractivity contribution in [2.24, 2.45) is 0 Å². The van der Waals surface area contributed by atoms with Crippen LogP contribution in [0.4, 0.5) is 4.39 Å². The van der Waals surface area contributed by atoms with E-state index in [2.05, 4.69) is 0 Å². The van der Waals surface area contributed by atoms with Gasteiger partial charge in [0.2, 0.25) is 5.91 Å². The number of rotatable bonds is 3. The standard InChI is InChI=1S/C20H21FN2O3/c21-17-4-2-16(3-5-17)20(7-1-8-20)19(25)23-11-9-22(10-12-23)18(24)15-6-13-26-14-15/h2-6,13-14H,1,7-12H2. The second-order valence-electron chi connectivity index (χ2n) is 7.04. The van der Waals surface area contributed by atoms with Gasteiger partial charge in [-0.25, -0.2) is 4.39 Å². The summed E-state index contributed by atoms with van der Waals surface area (Å²) in [6.07, 6.45) is 5.52. The molecule has 2 fully saturated rings. The maximum Gasteiger partial charge on any atom is 0.257 e. The van der Waals surface area contributed by atoms with Crippen LogP contribution < -0.4 is 0 Å². The topological polar surface area (TPSA) is 53.8 Å². The van der Waals surface area contributed by atoms with Crippen LogP contribution in [0.5, 0.6) is 0 Å². The van der Waals surface area contributed by atoms with E-state index in [0.717, 1.165) is 24.8 Å². The molecule has 6 heteroatoms. The van der Waals surface area contributed by atoms with Crippen LogP contribution in [0.15, 0.2) is 47.3 Å². The Balaban J connectivity index is 1.44. The smallest absolute Gasteiger partial charge is 0.257 e. The van der Waals surface area contributed by atoms with Crippen molar-refractivity contribution in [3.63, 3.8) is 0 Å². The molecule has 1 aliphatic heterocycles. The summed E-state index contributed by atoms with van der Waals surface area (Å²) in [7, 11) is 0. The summed E-state index contributed by atoms with van der Waals surface area (Å²) in [4.78, 5) is 29.2. The second kappa shape index (κ2) is 6.59. The van der Waals surface area contributed by atoms with E-state index in [0.29, 0.717) is 31.7 Å². The highest BCUT2D eigenvalue weighted by molar-refractivity contribution is 5.94. The van der Waals surface area contributed by atoms with Crippen molar-refractivity contribution in [3.05, 3.63) is 59.8 Å². The molecule has 1 saturated carbocycles. The molecule has 0 bridgehead atoms. The highest BCUT2D eigenvalue weighted by Crippen LogP contribution is 2.45. The Morgan fingerprint density at radius 1 is 0.962 bits per heavy atom. The van der Waals surface area contributed by atoms with E-state index in [1.54, 1.807) is 23.1 Å². The molecule has 0 N–H and O–H groups in total. The molecular weight excluding hydrogens is 335 g/mol. The molecule has 2 heterocycles. The van der Waals surface area contributed by atoms with Gasteiger partial charge < -0.3 is 14.2 Å². The van der Waals surface area contributed by atoms with Gasteiger partial charge >= 0.3 is 0 Å². The highest BCUT2D eigenvalue weighted by atomic mass is 19.1. The molecule has 4 rings (SSSR count). The summed E-state index contributed by atoms with van der Waals surface area (Å²) in [5.41, 5.74) is 0.906. The molecule has 0 atom stereocenters. The lowest BCUT2D eigenvalue weighted by atomic mass is 9.63. The Bertz CT molecular complexity index is 789. The zero-order chi connectivity index (χ0) is 18.1. The van der Waals surface area contributed by atoms with E-state index in [1.165, 1.54) is 24.7 Å². The second-order valence-corrected chi connectivity index (χ2v) is 7.04. The molecule has 0 radical (unpaired) electrons. The Morgan fingerprint density at radius 2 is 1.62 bits per heavy atom. The Hall–Kier alpha value is -2.63. The van der Waals surface area contributed by atoms with Gasteiger partial charge in [-0.15, -0.1) is 0 Å². The van der Waals surface area contributed by atoms with E-state index in [1.807, 2.05) is 4.90 Å². The van der Waals surface area contributed by atoms with Crippen molar-refractivity contribution in [2.75, 3.05) is 26.2 Å². The van der Waals surface area contributed by atoms with Crippen molar-refractivity contribution >= 4 is 11.8 Å². The molecule has 136 valence electrons. The number of hydrogen-bond donors (Lipinski definition) is 0. The number of halogens is 1. The summed E-state index contributed by atoms with van der Waals surface area (Å²) >= 11 is 0. The van der Waals surface area contributed by atoms with Crippen LogP contribution >= 0.6 is 0 Å². The van der Waals surface area contributed by atoms with Crippen LogP contribution in [0, 0.1) is 5.82 Å². The van der Waals surface area contributed by atoms with E-state index < -0.39 is 5.41 Å². The first-order valence-electron chi connectivity index (χ1n) is 8.97. The van der Waals surface area contributed by atoms with Crippen molar-refractivity contribution < 1.29 is 18.4 Å². The minimum atomic E-state index is -0.523. The lowest BCUT2D eigenvalue weighted by Crippen LogP contribution is -2.57. The lowest BCUT2D eigenvalue weighted by Gasteiger charge is -2.46. The van der Waals surface area contributed by atoms with Gasteiger partial charge in [-0.1, -0.05) is 18.6 Å². The van der Waals surface area contributed by atoms with Gasteiger partial charge in [-0.2, -0.15) is 0 Å². The van der Waals surface area contributed by atoms with Gasteiger partial charge in [0, 0.05) is 26.2 Å². The summed E-state index contributed by atoms with van der Waals surface area (Å²) in [5, 5.41) is 0. The number of carbonyl (C=O) groups excluding carboxylic acids is 2.